The van der Waals surface area contributed by atoms with E-state index in [1.807, 2.05) is 39.8 Å². The van der Waals surface area contributed by atoms with Crippen LogP contribution >= 0.6 is 0 Å². The molecule has 0 amide bonds. The van der Waals surface area contributed by atoms with E-state index in [0.717, 1.165) is 23.4 Å². The maximum atomic E-state index is 12.7. The normalized spacial score (nSPS) is 12.6. The van der Waals surface area contributed by atoms with Gasteiger partial charge in [0.15, 0.2) is 0 Å². The van der Waals surface area contributed by atoms with Crippen molar-refractivity contribution in [3.8, 4) is 0 Å². The highest BCUT2D eigenvalue weighted by Crippen LogP contribution is 2.32. The van der Waals surface area contributed by atoms with E-state index in [-0.39, 0.29) is 0 Å². The van der Waals surface area contributed by atoms with Gasteiger partial charge in [0.05, 0.1) is 11.3 Å². The highest BCUT2D eigenvalue weighted by Gasteiger charge is 2.30. The van der Waals surface area contributed by atoms with Gasteiger partial charge in [-0.2, -0.15) is 18.2 Å². The first-order valence-electron chi connectivity index (χ1n) is 8.29. The molecule has 0 saturated carbocycles. The lowest BCUT2D eigenvalue weighted by Crippen LogP contribution is -2.14. The maximum absolute atomic E-state index is 12.7. The number of anilines is 2. The van der Waals surface area contributed by atoms with Crippen LogP contribution in [0.4, 0.5) is 24.9 Å². The number of nitrogen functional groups attached to an aromatic ring is 1. The number of hydrogen-bond donors (Lipinski definition) is 2. The monoisotopic (exact) mass is 364 g/mol. The van der Waals surface area contributed by atoms with Gasteiger partial charge in [0.25, 0.3) is 0 Å². The van der Waals surface area contributed by atoms with Crippen LogP contribution < -0.4 is 11.1 Å². The lowest BCUT2D eigenvalue weighted by molar-refractivity contribution is -0.137. The predicted octanol–water partition coefficient (Wildman–Crippen LogP) is 4.81. The lowest BCUT2D eigenvalue weighted by atomic mass is 9.83. The minimum absolute atomic E-state index is 0.355. The number of aromatic nitrogens is 2. The van der Waals surface area contributed by atoms with E-state index in [1.54, 1.807) is 0 Å². The van der Waals surface area contributed by atoms with E-state index in [0.29, 0.717) is 23.9 Å². The summed E-state index contributed by atoms with van der Waals surface area (Å²) < 4.78 is 38.1. The molecule has 3 N–H and O–H groups in total. The fourth-order valence-electron chi connectivity index (χ4n) is 2.52. The van der Waals surface area contributed by atoms with Gasteiger partial charge in [0, 0.05) is 17.5 Å². The zero-order valence-corrected chi connectivity index (χ0v) is 15.3. The molecule has 0 atom stereocenters. The second-order valence-electron chi connectivity index (χ2n) is 6.59. The average molecular weight is 364 g/mol. The molecule has 0 saturated heterocycles. The molecular weight excluding hydrogens is 341 g/mol. The summed E-state index contributed by atoms with van der Waals surface area (Å²) in [6.45, 7) is 8.31. The van der Waals surface area contributed by atoms with Gasteiger partial charge in [0.1, 0.15) is 5.82 Å². The van der Waals surface area contributed by atoms with Crippen LogP contribution in [0.1, 0.15) is 43.2 Å². The molecule has 0 radical (unpaired) electrons. The Morgan fingerprint density at radius 3 is 2.15 bits per heavy atom. The Bertz CT molecular complexity index is 770. The van der Waals surface area contributed by atoms with Crippen LogP contribution in [0.15, 0.2) is 30.3 Å². The molecule has 7 heteroatoms. The van der Waals surface area contributed by atoms with Gasteiger partial charge in [-0.05, 0) is 31.5 Å². The van der Waals surface area contributed by atoms with Gasteiger partial charge in [-0.3, -0.25) is 0 Å². The zero-order chi connectivity index (χ0) is 19.5. The van der Waals surface area contributed by atoms with Crippen LogP contribution in [0.2, 0.25) is 0 Å². The van der Waals surface area contributed by atoms with Gasteiger partial charge in [-0.1, -0.05) is 38.1 Å². The van der Waals surface area contributed by atoms with Crippen molar-refractivity contribution < 1.29 is 13.2 Å². The molecule has 26 heavy (non-hydrogen) atoms. The smallest absolute Gasteiger partial charge is 0.383 e. The number of allylic oxidation sites excluding steroid dienone is 1. The van der Waals surface area contributed by atoms with Crippen molar-refractivity contribution in [2.75, 3.05) is 17.6 Å². The third-order valence-electron chi connectivity index (χ3n) is 4.12. The number of rotatable bonds is 5. The van der Waals surface area contributed by atoms with E-state index in [1.165, 1.54) is 12.1 Å². The minimum Gasteiger partial charge on any atom is -0.383 e. The fourth-order valence-corrected chi connectivity index (χ4v) is 2.52. The first-order chi connectivity index (χ1) is 12.0. The summed E-state index contributed by atoms with van der Waals surface area (Å²) in [5, 5.41) is 3.01. The van der Waals surface area contributed by atoms with Crippen LogP contribution in [-0.4, -0.2) is 16.5 Å². The van der Waals surface area contributed by atoms with Crippen molar-refractivity contribution in [1.29, 1.82) is 0 Å². The molecule has 1 aromatic heterocycles. The second kappa shape index (κ2) is 7.35. The molecule has 0 unspecified atom stereocenters. The van der Waals surface area contributed by atoms with E-state index in [4.69, 9.17) is 5.73 Å². The molecule has 2 aromatic rings. The Morgan fingerprint density at radius 2 is 1.65 bits per heavy atom. The van der Waals surface area contributed by atoms with E-state index in [2.05, 4.69) is 15.3 Å². The number of nitrogens with zero attached hydrogens (tertiary/aromatic N) is 2. The maximum Gasteiger partial charge on any atom is 0.416 e. The molecular formula is C19H23F3N4. The lowest BCUT2D eigenvalue weighted by Gasteiger charge is -2.22. The molecule has 0 aliphatic carbocycles. The highest BCUT2D eigenvalue weighted by atomic mass is 19.4. The Balaban J connectivity index is 2.28. The third kappa shape index (κ3) is 4.53. The number of nitrogens with one attached hydrogen (secondary N) is 1. The zero-order valence-electron chi connectivity index (χ0n) is 15.3. The Morgan fingerprint density at radius 1 is 1.08 bits per heavy atom. The molecule has 0 aliphatic heterocycles. The molecule has 140 valence electrons. The number of nitrogens with two attached hydrogens (primary N) is 1. The van der Waals surface area contributed by atoms with Gasteiger partial charge in [-0.25, -0.2) is 4.98 Å². The topological polar surface area (TPSA) is 63.8 Å². The van der Waals surface area contributed by atoms with Crippen LogP contribution in [0, 0.1) is 6.92 Å². The number of hydrogen-bond acceptors (Lipinski definition) is 4. The molecule has 0 bridgehead atoms. The Labute approximate surface area is 151 Å². The van der Waals surface area contributed by atoms with Gasteiger partial charge < -0.3 is 11.1 Å². The number of aryl methyl sites for hydroxylation is 1. The van der Waals surface area contributed by atoms with Gasteiger partial charge in [0.2, 0.25) is 5.95 Å². The molecule has 4 nitrogen and oxygen atoms in total. The molecule has 0 spiro atoms. The number of alkyl halides is 3. The SMILES string of the molecule is CCNc1nc(C)c(/C=C/C(C)(C)c2ccc(C(F)(F)F)cc2)c(N)n1. The third-order valence-corrected chi connectivity index (χ3v) is 4.12. The van der Waals surface area contributed by atoms with Gasteiger partial charge >= 0.3 is 6.18 Å². The Hall–Kier alpha value is -2.57. The van der Waals surface area contributed by atoms with Crippen molar-refractivity contribution in [1.82, 2.24) is 9.97 Å². The van der Waals surface area contributed by atoms with Crippen LogP contribution in [0.5, 0.6) is 0 Å². The second-order valence-corrected chi connectivity index (χ2v) is 6.59. The van der Waals surface area contributed by atoms with Gasteiger partial charge in [-0.15, -0.1) is 0 Å². The van der Waals surface area contributed by atoms with E-state index in [9.17, 15) is 13.2 Å². The molecule has 1 heterocycles. The van der Waals surface area contributed by atoms with Crippen LogP contribution in [0.25, 0.3) is 6.08 Å². The van der Waals surface area contributed by atoms with E-state index < -0.39 is 17.2 Å². The quantitative estimate of drug-likeness (QED) is 0.799. The summed E-state index contributed by atoms with van der Waals surface area (Å²) in [4.78, 5) is 8.57. The van der Waals surface area contributed by atoms with Crippen molar-refractivity contribution in [3.63, 3.8) is 0 Å². The number of halogens is 3. The minimum atomic E-state index is -4.34. The largest absolute Gasteiger partial charge is 0.416 e. The highest BCUT2D eigenvalue weighted by molar-refractivity contribution is 5.65. The standard InChI is InChI=1S/C19H23F3N4/c1-5-24-17-25-12(2)15(16(23)26-17)10-11-18(3,4)13-6-8-14(9-7-13)19(20,21)22/h6-11H,5H2,1-4H3,(H3,23,24,25,26)/b11-10+. The summed E-state index contributed by atoms with van der Waals surface area (Å²) in [6, 6.07) is 5.18. The first kappa shape index (κ1) is 19.8. The summed E-state index contributed by atoms with van der Waals surface area (Å²) >= 11 is 0. The number of benzene rings is 1. The predicted molar refractivity (Wildman–Crippen MR) is 98.8 cm³/mol. The van der Waals surface area contributed by atoms with E-state index >= 15 is 0 Å². The van der Waals surface area contributed by atoms with Crippen molar-refractivity contribution >= 4 is 17.8 Å². The molecule has 0 fully saturated rings. The summed E-state index contributed by atoms with van der Waals surface area (Å²) in [7, 11) is 0. The van der Waals surface area contributed by atoms with Crippen molar-refractivity contribution in [3.05, 3.63) is 52.7 Å². The van der Waals surface area contributed by atoms with Crippen molar-refractivity contribution in [2.24, 2.45) is 0 Å². The first-order valence-corrected chi connectivity index (χ1v) is 8.29. The summed E-state index contributed by atoms with van der Waals surface area (Å²) in [6.07, 6.45) is -0.627. The molecule has 0 aliphatic rings. The molecule has 1 aromatic carbocycles. The fraction of sp³-hybridized carbons (Fsp3) is 0.368. The summed E-state index contributed by atoms with van der Waals surface area (Å²) in [5.41, 5.74) is 7.08. The molecule has 2 rings (SSSR count). The van der Waals surface area contributed by atoms with Crippen molar-refractivity contribution in [2.45, 2.75) is 39.3 Å². The van der Waals surface area contributed by atoms with Crippen LogP contribution in [0.3, 0.4) is 0 Å². The summed E-state index contributed by atoms with van der Waals surface area (Å²) in [5.74, 6) is 0.828. The average Bonchev–Trinajstić information content (AvgIpc) is 2.53. The van der Waals surface area contributed by atoms with Crippen LogP contribution in [-0.2, 0) is 11.6 Å². The Kier molecular flexibility index (Phi) is 5.59.